The molecule has 0 aliphatic carbocycles. The van der Waals surface area contributed by atoms with E-state index >= 15 is 0 Å². The van der Waals surface area contributed by atoms with Gasteiger partial charge in [-0.25, -0.2) is 14.4 Å². The van der Waals surface area contributed by atoms with Gasteiger partial charge in [-0.3, -0.25) is 19.0 Å². The number of carbonyl (C=O) groups excluding carboxylic acids is 2. The highest BCUT2D eigenvalue weighted by molar-refractivity contribution is 7.14. The number of aromatic nitrogens is 3. The predicted molar refractivity (Wildman–Crippen MR) is 112 cm³/mol. The summed E-state index contributed by atoms with van der Waals surface area (Å²) in [7, 11) is 0. The molecule has 0 aliphatic rings. The van der Waals surface area contributed by atoms with E-state index in [4.69, 9.17) is 4.42 Å². The van der Waals surface area contributed by atoms with Crippen molar-refractivity contribution in [1.82, 2.24) is 19.9 Å². The van der Waals surface area contributed by atoms with Gasteiger partial charge in [0.2, 0.25) is 11.8 Å². The third kappa shape index (κ3) is 4.67. The van der Waals surface area contributed by atoms with Gasteiger partial charge in [-0.2, -0.15) is 0 Å². The second kappa shape index (κ2) is 8.48. The maximum atomic E-state index is 13.4. The molecule has 3 heterocycles. The molecule has 4 rings (SSSR count). The minimum absolute atomic E-state index is 0.0970. The molecule has 0 saturated heterocycles. The number of furan rings is 1. The number of nitrogens with one attached hydrogen (secondary N) is 2. The molecule has 11 heteroatoms. The van der Waals surface area contributed by atoms with Crippen LogP contribution in [0.2, 0.25) is 0 Å². The van der Waals surface area contributed by atoms with Crippen molar-refractivity contribution in [2.45, 2.75) is 20.0 Å². The van der Waals surface area contributed by atoms with E-state index in [2.05, 4.69) is 20.6 Å². The number of anilines is 1. The fraction of sp³-hybridized carbons (Fsp3) is 0.150. The first-order chi connectivity index (χ1) is 14.9. The van der Waals surface area contributed by atoms with Crippen LogP contribution in [0.25, 0.3) is 22.4 Å². The van der Waals surface area contributed by atoms with Gasteiger partial charge in [0.05, 0.1) is 23.8 Å². The molecule has 3 aromatic heterocycles. The van der Waals surface area contributed by atoms with Gasteiger partial charge in [0.1, 0.15) is 23.8 Å². The highest BCUT2D eigenvalue weighted by Crippen LogP contribution is 2.26. The Morgan fingerprint density at radius 2 is 2.10 bits per heavy atom. The number of rotatable bonds is 6. The average molecular weight is 441 g/mol. The molecule has 1 aromatic carbocycles. The lowest BCUT2D eigenvalue weighted by Gasteiger charge is -2.06. The van der Waals surface area contributed by atoms with Crippen molar-refractivity contribution >= 4 is 39.2 Å². The van der Waals surface area contributed by atoms with E-state index in [1.807, 2.05) is 0 Å². The number of fused-ring (bicyclic) bond motifs is 1. The Bertz CT molecular complexity index is 1340. The van der Waals surface area contributed by atoms with Crippen molar-refractivity contribution in [3.05, 3.63) is 64.0 Å². The monoisotopic (exact) mass is 441 g/mol. The van der Waals surface area contributed by atoms with Gasteiger partial charge < -0.3 is 15.1 Å². The predicted octanol–water partition coefficient (Wildman–Crippen LogP) is 2.53. The summed E-state index contributed by atoms with van der Waals surface area (Å²) < 4.78 is 20.2. The molecule has 158 valence electrons. The molecule has 0 atom stereocenters. The molecule has 0 fully saturated rings. The zero-order chi connectivity index (χ0) is 22.0. The fourth-order valence-corrected chi connectivity index (χ4v) is 3.54. The number of carbonyl (C=O) groups is 2. The zero-order valence-electron chi connectivity index (χ0n) is 16.2. The van der Waals surface area contributed by atoms with Gasteiger partial charge in [-0.1, -0.05) is 0 Å². The van der Waals surface area contributed by atoms with Crippen LogP contribution in [0.3, 0.4) is 0 Å². The van der Waals surface area contributed by atoms with Gasteiger partial charge in [0, 0.05) is 12.3 Å². The first-order valence-corrected chi connectivity index (χ1v) is 10.0. The minimum atomic E-state index is -0.554. The number of halogens is 1. The molecule has 0 spiro atoms. The topological polar surface area (TPSA) is 119 Å². The Labute approximate surface area is 178 Å². The number of nitrogens with zero attached hydrogens (tertiary/aromatic N) is 3. The van der Waals surface area contributed by atoms with Crippen molar-refractivity contribution in [1.29, 1.82) is 0 Å². The molecule has 4 aromatic rings. The first-order valence-electron chi connectivity index (χ1n) is 9.12. The molecule has 2 amide bonds. The lowest BCUT2D eigenvalue weighted by atomic mass is 10.2. The number of amides is 2. The minimum Gasteiger partial charge on any atom is -0.458 e. The van der Waals surface area contributed by atoms with Crippen molar-refractivity contribution in [3.8, 4) is 11.5 Å². The molecule has 0 unspecified atom stereocenters. The largest absolute Gasteiger partial charge is 0.458 e. The van der Waals surface area contributed by atoms with Crippen molar-refractivity contribution in [2.75, 3.05) is 5.32 Å². The maximum Gasteiger partial charge on any atom is 0.261 e. The number of hydrogen-bond acceptors (Lipinski definition) is 7. The van der Waals surface area contributed by atoms with Crippen LogP contribution in [-0.2, 0) is 22.7 Å². The maximum absolute atomic E-state index is 13.4. The molecule has 31 heavy (non-hydrogen) atoms. The number of hydrogen-bond donors (Lipinski definition) is 2. The summed E-state index contributed by atoms with van der Waals surface area (Å²) in [6.45, 7) is 1.38. The molecule has 0 bridgehead atoms. The Balaban J connectivity index is 1.44. The standard InChI is InChI=1S/C20H16FN5O4S/c1-11(27)22-7-13-3-5-17(30-13)16-9-31-20(24-16)25-18(28)8-26-10-23-15-4-2-12(21)6-14(15)19(26)29/h2-6,9-10H,7-8H2,1H3,(H,22,27)(H,24,25,28). The van der Waals surface area contributed by atoms with E-state index in [0.717, 1.165) is 10.6 Å². The molecule has 0 radical (unpaired) electrons. The number of thiazole rings is 1. The molecule has 2 N–H and O–H groups in total. The van der Waals surface area contributed by atoms with Gasteiger partial charge >= 0.3 is 0 Å². The lowest BCUT2D eigenvalue weighted by molar-refractivity contribution is -0.119. The van der Waals surface area contributed by atoms with E-state index in [9.17, 15) is 18.8 Å². The van der Waals surface area contributed by atoms with Gasteiger partial charge in [0.15, 0.2) is 10.9 Å². The summed E-state index contributed by atoms with van der Waals surface area (Å²) in [5.74, 6) is -0.131. The van der Waals surface area contributed by atoms with E-state index in [1.54, 1.807) is 17.5 Å². The van der Waals surface area contributed by atoms with Crippen molar-refractivity contribution in [3.63, 3.8) is 0 Å². The van der Waals surface area contributed by atoms with Gasteiger partial charge in [-0.05, 0) is 30.3 Å². The fourth-order valence-electron chi connectivity index (χ4n) is 2.82. The van der Waals surface area contributed by atoms with Crippen LogP contribution in [0.1, 0.15) is 12.7 Å². The van der Waals surface area contributed by atoms with E-state index in [1.165, 1.54) is 36.7 Å². The molecule has 0 aliphatic heterocycles. The van der Waals surface area contributed by atoms with Crippen LogP contribution in [0, 0.1) is 5.82 Å². The van der Waals surface area contributed by atoms with E-state index < -0.39 is 17.3 Å². The second-order valence-corrected chi connectivity index (χ2v) is 7.46. The van der Waals surface area contributed by atoms with Crippen LogP contribution in [0.4, 0.5) is 9.52 Å². The van der Waals surface area contributed by atoms with Gasteiger partial charge in [0.25, 0.3) is 5.56 Å². The summed E-state index contributed by atoms with van der Waals surface area (Å²) in [6, 6.07) is 7.16. The first kappa shape index (κ1) is 20.4. The summed E-state index contributed by atoms with van der Waals surface area (Å²) in [5.41, 5.74) is 0.361. The van der Waals surface area contributed by atoms with E-state index in [-0.39, 0.29) is 24.4 Å². The lowest BCUT2D eigenvalue weighted by Crippen LogP contribution is -2.27. The SMILES string of the molecule is CC(=O)NCc1ccc(-c2csc(NC(=O)Cn3cnc4ccc(F)cc4c3=O)n2)o1. The smallest absolute Gasteiger partial charge is 0.261 e. The zero-order valence-corrected chi connectivity index (χ0v) is 17.0. The summed E-state index contributed by atoms with van der Waals surface area (Å²) in [6.07, 6.45) is 1.24. The Hall–Kier alpha value is -3.86. The van der Waals surface area contributed by atoms with Crippen molar-refractivity contribution < 1.29 is 18.4 Å². The Morgan fingerprint density at radius 1 is 1.26 bits per heavy atom. The van der Waals surface area contributed by atoms with Crippen LogP contribution in [0.5, 0.6) is 0 Å². The van der Waals surface area contributed by atoms with Crippen LogP contribution < -0.4 is 16.2 Å². The summed E-state index contributed by atoms with van der Waals surface area (Å²) in [5, 5.41) is 7.40. The summed E-state index contributed by atoms with van der Waals surface area (Å²) in [4.78, 5) is 44.2. The molecular weight excluding hydrogens is 425 g/mol. The van der Waals surface area contributed by atoms with Crippen LogP contribution in [-0.4, -0.2) is 26.3 Å². The second-order valence-electron chi connectivity index (χ2n) is 6.60. The summed E-state index contributed by atoms with van der Waals surface area (Å²) >= 11 is 1.19. The Morgan fingerprint density at radius 3 is 2.90 bits per heavy atom. The highest BCUT2D eigenvalue weighted by atomic mass is 32.1. The van der Waals surface area contributed by atoms with Gasteiger partial charge in [-0.15, -0.1) is 11.3 Å². The van der Waals surface area contributed by atoms with Crippen LogP contribution >= 0.6 is 11.3 Å². The Kier molecular flexibility index (Phi) is 5.58. The van der Waals surface area contributed by atoms with E-state index in [0.29, 0.717) is 27.9 Å². The third-order valence-corrected chi connectivity index (χ3v) is 5.03. The quantitative estimate of drug-likeness (QED) is 0.475. The molecule has 0 saturated carbocycles. The average Bonchev–Trinajstić information content (AvgIpc) is 3.38. The number of benzene rings is 1. The van der Waals surface area contributed by atoms with Crippen LogP contribution in [0.15, 0.2) is 51.3 Å². The molecule has 9 nitrogen and oxygen atoms in total. The highest BCUT2D eigenvalue weighted by Gasteiger charge is 2.13. The normalized spacial score (nSPS) is 10.9. The molecular formula is C20H16FN5O4S. The third-order valence-electron chi connectivity index (χ3n) is 4.28. The van der Waals surface area contributed by atoms with Crippen molar-refractivity contribution in [2.24, 2.45) is 0 Å².